The molecule has 3 aromatic carbocycles. The lowest BCUT2D eigenvalue weighted by atomic mass is 9.77. The smallest absolute Gasteiger partial charge is 0.146 e. The molecule has 0 saturated carbocycles. The van der Waals surface area contributed by atoms with Crippen molar-refractivity contribution >= 4 is 56.6 Å². The summed E-state index contributed by atoms with van der Waals surface area (Å²) in [7, 11) is 0.259. The fraction of sp³-hybridized carbons (Fsp3) is 0.226. The molecule has 0 radical (unpaired) electrons. The second kappa shape index (κ2) is 8.63. The number of aliphatic imine (C=N–C) groups is 1. The summed E-state index contributed by atoms with van der Waals surface area (Å²) in [4.78, 5) is 35.1. The second-order valence-corrected chi connectivity index (χ2v) is 12.6. The molecule has 8 rings (SSSR count). The number of aromatic amines is 1. The van der Waals surface area contributed by atoms with Gasteiger partial charge in [0, 0.05) is 37.4 Å². The summed E-state index contributed by atoms with van der Waals surface area (Å²) in [6.07, 6.45) is 6.77. The molecule has 0 spiro atoms. The van der Waals surface area contributed by atoms with E-state index >= 15 is 0 Å². The molecule has 4 aliphatic rings. The third-order valence-corrected chi connectivity index (χ3v) is 10.1. The highest BCUT2D eigenvalue weighted by Crippen LogP contribution is 2.46. The first-order chi connectivity index (χ1) is 18.7. The number of H-pyrrole nitrogens is 1. The average Bonchev–Trinajstić information content (AvgIpc) is 3.55. The van der Waals surface area contributed by atoms with Crippen LogP contribution in [-0.2, 0) is 41.7 Å². The quantitative estimate of drug-likeness (QED) is 0.262. The number of aromatic nitrogens is 2. The van der Waals surface area contributed by atoms with Crippen molar-refractivity contribution in [2.24, 2.45) is 4.99 Å². The second-order valence-electron chi connectivity index (χ2n) is 10.5. The Kier molecular flexibility index (Phi) is 5.15. The largest absolute Gasteiger partial charge is 0.341 e. The zero-order valence-electron chi connectivity index (χ0n) is 20.8. The Labute approximate surface area is 223 Å². The van der Waals surface area contributed by atoms with E-state index in [-0.39, 0.29) is 17.2 Å². The summed E-state index contributed by atoms with van der Waals surface area (Å²) in [5, 5.41) is 2.77. The van der Waals surface area contributed by atoms with Crippen molar-refractivity contribution in [3.63, 3.8) is 0 Å². The van der Waals surface area contributed by atoms with E-state index in [4.69, 9.17) is 9.98 Å². The molecule has 186 valence electrons. The number of hydrogen-bond donors (Lipinski definition) is 1. The lowest BCUT2D eigenvalue weighted by Crippen LogP contribution is -2.10. The standard InChI is InChI=1S/C31H25N3O2P2/c35-14-37-29-13-26-23-7-5-19-18-3-1-16-12-25-17(2-9-28-30(25)34-31(33-28)38-15-36)11-24(16)22(18)6-4-20(19)21(23)8-10-27(26)32-29/h4-7,11-12,14-15,37-38H,1-3,8-10,13H2,(H,33,34). The molecule has 4 aromatic rings. The Morgan fingerprint density at radius 2 is 1.45 bits per heavy atom. The van der Waals surface area contributed by atoms with Gasteiger partial charge in [0.2, 0.25) is 0 Å². The van der Waals surface area contributed by atoms with Gasteiger partial charge >= 0.3 is 0 Å². The third-order valence-electron chi connectivity index (χ3n) is 8.69. The van der Waals surface area contributed by atoms with Crippen LogP contribution < -0.4 is 5.57 Å². The van der Waals surface area contributed by atoms with Gasteiger partial charge in [0.1, 0.15) is 17.6 Å². The fourth-order valence-electron chi connectivity index (χ4n) is 7.03. The molecular weight excluding hydrogens is 508 g/mol. The Morgan fingerprint density at radius 3 is 2.29 bits per heavy atom. The minimum atomic E-state index is 0.0785. The van der Waals surface area contributed by atoms with Crippen LogP contribution in [0.2, 0.25) is 0 Å². The van der Waals surface area contributed by atoms with Gasteiger partial charge in [-0.25, -0.2) is 4.98 Å². The molecule has 1 N–H and O–H groups in total. The molecular formula is C31H25N3O2P2. The fourth-order valence-corrected chi connectivity index (χ4v) is 8.15. The summed E-state index contributed by atoms with van der Waals surface area (Å²) < 4.78 is 0. The molecule has 7 heteroatoms. The third kappa shape index (κ3) is 3.32. The van der Waals surface area contributed by atoms with Crippen molar-refractivity contribution in [3.05, 3.63) is 75.6 Å². The number of hydrogen-bond acceptors (Lipinski definition) is 4. The first kappa shape index (κ1) is 22.7. The molecule has 2 heterocycles. The summed E-state index contributed by atoms with van der Waals surface area (Å²) in [6.45, 7) is 0. The van der Waals surface area contributed by atoms with E-state index in [9.17, 15) is 9.59 Å². The zero-order chi connectivity index (χ0) is 25.4. The topological polar surface area (TPSA) is 75.2 Å². The van der Waals surface area contributed by atoms with Gasteiger partial charge in [0.15, 0.2) is 0 Å². The molecule has 2 unspecified atom stereocenters. The van der Waals surface area contributed by atoms with Crippen molar-refractivity contribution in [3.8, 4) is 22.4 Å². The van der Waals surface area contributed by atoms with E-state index in [2.05, 4.69) is 41.4 Å². The van der Waals surface area contributed by atoms with Crippen molar-refractivity contribution in [1.82, 2.24) is 9.97 Å². The van der Waals surface area contributed by atoms with Gasteiger partial charge in [-0.3, -0.25) is 14.6 Å². The van der Waals surface area contributed by atoms with E-state index < -0.39 is 0 Å². The van der Waals surface area contributed by atoms with Crippen molar-refractivity contribution in [2.75, 3.05) is 0 Å². The molecule has 0 amide bonds. The van der Waals surface area contributed by atoms with E-state index in [1.165, 1.54) is 72.2 Å². The molecule has 3 aliphatic carbocycles. The van der Waals surface area contributed by atoms with Crippen LogP contribution in [0.5, 0.6) is 0 Å². The van der Waals surface area contributed by atoms with Crippen LogP contribution >= 0.6 is 17.2 Å². The number of nitrogens with zero attached hydrogens (tertiary/aromatic N) is 2. The summed E-state index contributed by atoms with van der Waals surface area (Å²) in [5.74, 6) is 0. The SMILES string of the molecule is O=CPC1=NC2=C(C1)c1ccc3c4c(ccc3c1CC2)-c1cc2c(cc1CC4)-c1nc(PC=O)[nH]c1CC2. The van der Waals surface area contributed by atoms with E-state index in [0.29, 0.717) is 0 Å². The molecule has 1 aromatic heterocycles. The Balaban J connectivity index is 1.22. The Bertz CT molecular complexity index is 1800. The number of benzene rings is 3. The number of carbonyl (C=O) groups excluding carboxylic acids is 2. The van der Waals surface area contributed by atoms with Crippen LogP contribution in [0.3, 0.4) is 0 Å². The molecule has 5 nitrogen and oxygen atoms in total. The number of rotatable bonds is 4. The van der Waals surface area contributed by atoms with Gasteiger partial charge in [-0.1, -0.05) is 30.3 Å². The number of nitrogens with one attached hydrogen (secondary N) is 1. The highest BCUT2D eigenvalue weighted by molar-refractivity contribution is 7.72. The van der Waals surface area contributed by atoms with Gasteiger partial charge < -0.3 is 4.98 Å². The van der Waals surface area contributed by atoms with Gasteiger partial charge in [0.05, 0.1) is 5.69 Å². The van der Waals surface area contributed by atoms with Crippen LogP contribution in [0.1, 0.15) is 46.4 Å². The first-order valence-electron chi connectivity index (χ1n) is 13.2. The maximum absolute atomic E-state index is 11.1. The predicted octanol–water partition coefficient (Wildman–Crippen LogP) is 5.92. The van der Waals surface area contributed by atoms with Crippen molar-refractivity contribution in [1.29, 1.82) is 0 Å². The lowest BCUT2D eigenvalue weighted by Gasteiger charge is -2.27. The molecule has 38 heavy (non-hydrogen) atoms. The van der Waals surface area contributed by atoms with Gasteiger partial charge in [0.25, 0.3) is 0 Å². The van der Waals surface area contributed by atoms with Crippen LogP contribution in [-0.4, -0.2) is 27.5 Å². The summed E-state index contributed by atoms with van der Waals surface area (Å²) in [6, 6.07) is 16.1. The minimum absolute atomic E-state index is 0.0785. The monoisotopic (exact) mass is 533 g/mol. The van der Waals surface area contributed by atoms with Crippen LogP contribution in [0.15, 0.2) is 47.1 Å². The summed E-state index contributed by atoms with van der Waals surface area (Å²) in [5.41, 5.74) is 17.5. The normalized spacial score (nSPS) is 17.3. The highest BCUT2D eigenvalue weighted by Gasteiger charge is 2.29. The Morgan fingerprint density at radius 1 is 0.737 bits per heavy atom. The average molecular weight is 534 g/mol. The molecule has 0 saturated heterocycles. The molecule has 0 fully saturated rings. The number of allylic oxidation sites excluding steroid dienone is 2. The van der Waals surface area contributed by atoms with Gasteiger partial charge in [-0.2, -0.15) is 0 Å². The van der Waals surface area contributed by atoms with Crippen molar-refractivity contribution < 1.29 is 9.59 Å². The van der Waals surface area contributed by atoms with E-state index in [1.807, 2.05) is 0 Å². The predicted molar refractivity (Wildman–Crippen MR) is 159 cm³/mol. The van der Waals surface area contributed by atoms with E-state index in [0.717, 1.165) is 73.7 Å². The van der Waals surface area contributed by atoms with Gasteiger partial charge in [-0.05, 0) is 108 Å². The van der Waals surface area contributed by atoms with E-state index in [1.54, 1.807) is 0 Å². The number of aryl methyl sites for hydroxylation is 5. The lowest BCUT2D eigenvalue weighted by molar-refractivity contribution is 0.569. The molecule has 1 aliphatic heterocycles. The molecule has 2 atom stereocenters. The Hall–Kier alpha value is -3.26. The summed E-state index contributed by atoms with van der Waals surface area (Å²) >= 11 is 0. The maximum atomic E-state index is 11.1. The zero-order valence-corrected chi connectivity index (χ0v) is 22.8. The van der Waals surface area contributed by atoms with Crippen LogP contribution in [0, 0.1) is 0 Å². The van der Waals surface area contributed by atoms with Crippen LogP contribution in [0.4, 0.5) is 0 Å². The maximum Gasteiger partial charge on any atom is 0.146 e. The molecule has 0 bridgehead atoms. The number of carbonyl (C=O) groups is 2. The number of imidazole rings is 1. The van der Waals surface area contributed by atoms with Gasteiger partial charge in [-0.15, -0.1) is 0 Å². The first-order valence-corrected chi connectivity index (χ1v) is 15.4. The van der Waals surface area contributed by atoms with Crippen LogP contribution in [0.25, 0.3) is 38.7 Å². The highest BCUT2D eigenvalue weighted by atomic mass is 31.1. The number of fused-ring (bicyclic) bond motifs is 11. The van der Waals surface area contributed by atoms with Crippen molar-refractivity contribution in [2.45, 2.75) is 44.9 Å². The minimum Gasteiger partial charge on any atom is -0.341 e.